The van der Waals surface area contributed by atoms with Gasteiger partial charge in [0.25, 0.3) is 5.91 Å². The second-order valence-electron chi connectivity index (χ2n) is 9.31. The number of rotatable bonds is 6. The summed E-state index contributed by atoms with van der Waals surface area (Å²) in [6.45, 7) is 0.699. The minimum Gasteiger partial charge on any atom is -0.508 e. The van der Waals surface area contributed by atoms with Gasteiger partial charge in [-0.15, -0.1) is 0 Å². The minimum absolute atomic E-state index is 0.127. The van der Waals surface area contributed by atoms with Crippen LogP contribution in [0.15, 0.2) is 30.6 Å². The summed E-state index contributed by atoms with van der Waals surface area (Å²) in [7, 11) is 0. The van der Waals surface area contributed by atoms with E-state index < -0.39 is 6.10 Å². The Morgan fingerprint density at radius 3 is 2.84 bits per heavy atom. The van der Waals surface area contributed by atoms with Crippen LogP contribution in [0, 0.1) is 5.41 Å². The van der Waals surface area contributed by atoms with Crippen molar-refractivity contribution in [2.75, 3.05) is 11.9 Å². The van der Waals surface area contributed by atoms with Crippen molar-refractivity contribution in [3.05, 3.63) is 47.4 Å². The molecule has 5 rings (SSSR count). The van der Waals surface area contributed by atoms with Gasteiger partial charge in [0.15, 0.2) is 0 Å². The summed E-state index contributed by atoms with van der Waals surface area (Å²) in [5.41, 5.74) is 3.00. The van der Waals surface area contributed by atoms with Gasteiger partial charge < -0.3 is 26.2 Å². The monoisotopic (exact) mass is 423 g/mol. The van der Waals surface area contributed by atoms with Crippen molar-refractivity contribution < 1.29 is 15.0 Å². The van der Waals surface area contributed by atoms with Crippen molar-refractivity contribution in [2.45, 2.75) is 63.3 Å². The molecule has 1 aromatic carbocycles. The summed E-state index contributed by atoms with van der Waals surface area (Å²) in [5, 5.41) is 29.6. The molecule has 1 aromatic heterocycles. The molecule has 2 saturated carbocycles. The van der Waals surface area contributed by atoms with Crippen molar-refractivity contribution >= 4 is 11.7 Å². The zero-order chi connectivity index (χ0) is 21.4. The fourth-order valence-corrected chi connectivity index (χ4v) is 5.17. The lowest BCUT2D eigenvalue weighted by atomic mass is 9.54. The van der Waals surface area contributed by atoms with E-state index in [1.807, 2.05) is 6.07 Å². The molecule has 31 heavy (non-hydrogen) atoms. The molecule has 1 aliphatic heterocycles. The lowest BCUT2D eigenvalue weighted by molar-refractivity contribution is 0.0191. The highest BCUT2D eigenvalue weighted by Gasteiger charge is 2.48. The normalized spacial score (nSPS) is 22.7. The molecule has 0 bridgehead atoms. The number of carbonyl (C=O) groups is 1. The number of nitrogens with zero attached hydrogens (tertiary/aromatic N) is 2. The van der Waals surface area contributed by atoms with Gasteiger partial charge in [0.05, 0.1) is 6.10 Å². The number of hydrogen-bond acceptors (Lipinski definition) is 7. The van der Waals surface area contributed by atoms with Crippen LogP contribution in [0.2, 0.25) is 0 Å². The van der Waals surface area contributed by atoms with Gasteiger partial charge in [0.1, 0.15) is 23.6 Å². The number of aromatic hydroxyl groups is 1. The van der Waals surface area contributed by atoms with E-state index >= 15 is 0 Å². The predicted octanol–water partition coefficient (Wildman–Crippen LogP) is 1.73. The largest absolute Gasteiger partial charge is 0.508 e. The lowest BCUT2D eigenvalue weighted by Gasteiger charge is -2.54. The van der Waals surface area contributed by atoms with Crippen LogP contribution in [-0.2, 0) is 13.0 Å². The Hall–Kier alpha value is -2.71. The molecule has 0 radical (unpaired) electrons. The van der Waals surface area contributed by atoms with E-state index in [0.29, 0.717) is 35.9 Å². The molecular formula is C23H29N5O3. The van der Waals surface area contributed by atoms with E-state index in [1.54, 1.807) is 18.2 Å². The zero-order valence-corrected chi connectivity index (χ0v) is 17.5. The third-order valence-corrected chi connectivity index (χ3v) is 7.15. The lowest BCUT2D eigenvalue weighted by Crippen LogP contribution is -2.49. The van der Waals surface area contributed by atoms with Crippen molar-refractivity contribution in [1.29, 1.82) is 0 Å². The van der Waals surface area contributed by atoms with Gasteiger partial charge in [0.2, 0.25) is 0 Å². The second kappa shape index (κ2) is 8.09. The highest BCUT2D eigenvalue weighted by atomic mass is 16.3. The van der Waals surface area contributed by atoms with Gasteiger partial charge in [0, 0.05) is 31.2 Å². The quantitative estimate of drug-likeness (QED) is 0.480. The maximum absolute atomic E-state index is 12.6. The van der Waals surface area contributed by atoms with Crippen LogP contribution in [0.5, 0.6) is 5.75 Å². The standard InChI is InChI=1S/C23H29N5O3/c29-17-3-2-14-7-18(24-11-15(14)6-17)20(30)12-25-22(31)19-8-21(27-13-26-19)28-16-9-23(10-16)4-1-5-23/h2-3,6,8,13,16,18,20,24,29-30H,1,4-5,7,9-12H2,(H,25,31)(H,26,27,28)/t18-,20+/m0/s1. The molecule has 2 aromatic rings. The zero-order valence-electron chi connectivity index (χ0n) is 17.5. The van der Waals surface area contributed by atoms with Gasteiger partial charge >= 0.3 is 0 Å². The van der Waals surface area contributed by atoms with Crippen LogP contribution in [0.1, 0.15) is 53.7 Å². The molecule has 2 fully saturated rings. The Labute approximate surface area is 181 Å². The van der Waals surface area contributed by atoms with Gasteiger partial charge in [-0.1, -0.05) is 12.5 Å². The van der Waals surface area contributed by atoms with E-state index in [0.717, 1.165) is 11.1 Å². The van der Waals surface area contributed by atoms with E-state index in [-0.39, 0.29) is 24.2 Å². The van der Waals surface area contributed by atoms with Crippen LogP contribution in [0.3, 0.4) is 0 Å². The third-order valence-electron chi connectivity index (χ3n) is 7.15. The van der Waals surface area contributed by atoms with Crippen molar-refractivity contribution in [3.63, 3.8) is 0 Å². The van der Waals surface area contributed by atoms with Crippen LogP contribution in [0.4, 0.5) is 5.82 Å². The average Bonchev–Trinajstić information content (AvgIpc) is 2.72. The van der Waals surface area contributed by atoms with Crippen molar-refractivity contribution in [1.82, 2.24) is 20.6 Å². The number of phenolic OH excluding ortho intramolecular Hbond substituents is 1. The fraction of sp³-hybridized carbons (Fsp3) is 0.522. The first kappa shape index (κ1) is 20.2. The smallest absolute Gasteiger partial charge is 0.270 e. The molecule has 1 amide bonds. The molecular weight excluding hydrogens is 394 g/mol. The first-order valence-corrected chi connectivity index (χ1v) is 11.1. The number of aliphatic hydroxyl groups is 1. The topological polar surface area (TPSA) is 119 Å². The van der Waals surface area contributed by atoms with Gasteiger partial charge in [-0.3, -0.25) is 4.79 Å². The SMILES string of the molecule is O=C(NC[C@@H](O)[C@@H]1Cc2ccc(O)cc2CN1)c1cc(NC2CC3(CCC3)C2)ncn1. The van der Waals surface area contributed by atoms with Gasteiger partial charge in [-0.25, -0.2) is 9.97 Å². The van der Waals surface area contributed by atoms with E-state index in [4.69, 9.17) is 0 Å². The van der Waals surface area contributed by atoms with Crippen molar-refractivity contribution in [2.24, 2.45) is 5.41 Å². The number of aliphatic hydroxyl groups excluding tert-OH is 1. The molecule has 0 unspecified atom stereocenters. The number of amides is 1. The number of aromatic nitrogens is 2. The van der Waals surface area contributed by atoms with E-state index in [2.05, 4.69) is 25.9 Å². The Morgan fingerprint density at radius 2 is 2.06 bits per heavy atom. The highest BCUT2D eigenvalue weighted by molar-refractivity contribution is 5.92. The third kappa shape index (κ3) is 4.22. The summed E-state index contributed by atoms with van der Waals surface area (Å²) in [4.78, 5) is 20.9. The number of anilines is 1. The summed E-state index contributed by atoms with van der Waals surface area (Å²) >= 11 is 0. The summed E-state index contributed by atoms with van der Waals surface area (Å²) in [6, 6.07) is 7.21. The highest BCUT2D eigenvalue weighted by Crippen LogP contribution is 2.56. The van der Waals surface area contributed by atoms with Crippen molar-refractivity contribution in [3.8, 4) is 5.75 Å². The molecule has 8 heteroatoms. The molecule has 5 N–H and O–H groups in total. The Morgan fingerprint density at radius 1 is 1.23 bits per heavy atom. The molecule has 164 valence electrons. The first-order chi connectivity index (χ1) is 15.0. The number of hydrogen-bond donors (Lipinski definition) is 5. The maximum atomic E-state index is 12.6. The second-order valence-corrected chi connectivity index (χ2v) is 9.31. The first-order valence-electron chi connectivity index (χ1n) is 11.1. The molecule has 8 nitrogen and oxygen atoms in total. The van der Waals surface area contributed by atoms with E-state index in [1.165, 1.54) is 38.4 Å². The predicted molar refractivity (Wildman–Crippen MR) is 116 cm³/mol. The number of benzene rings is 1. The fourth-order valence-electron chi connectivity index (χ4n) is 5.17. The van der Waals surface area contributed by atoms with Gasteiger partial charge in [-0.2, -0.15) is 0 Å². The molecule has 0 saturated heterocycles. The molecule has 2 aliphatic carbocycles. The average molecular weight is 424 g/mol. The van der Waals surface area contributed by atoms with E-state index in [9.17, 15) is 15.0 Å². The minimum atomic E-state index is -0.737. The number of nitrogens with one attached hydrogen (secondary N) is 3. The molecule has 3 aliphatic rings. The Bertz CT molecular complexity index is 969. The molecule has 2 atom stereocenters. The number of fused-ring (bicyclic) bond motifs is 1. The molecule has 1 spiro atoms. The number of phenols is 1. The van der Waals surface area contributed by atoms with Crippen LogP contribution in [-0.4, -0.2) is 50.8 Å². The van der Waals surface area contributed by atoms with Gasteiger partial charge in [-0.05, 0) is 60.8 Å². The van der Waals surface area contributed by atoms with Crippen LogP contribution >= 0.6 is 0 Å². The summed E-state index contributed by atoms with van der Waals surface area (Å²) in [5.74, 6) is 0.591. The maximum Gasteiger partial charge on any atom is 0.270 e. The Balaban J connectivity index is 1.12. The summed E-state index contributed by atoms with van der Waals surface area (Å²) < 4.78 is 0. The van der Waals surface area contributed by atoms with Crippen LogP contribution in [0.25, 0.3) is 0 Å². The number of carbonyl (C=O) groups excluding carboxylic acids is 1. The molecule has 2 heterocycles. The Kier molecular flexibility index (Phi) is 5.27. The van der Waals surface area contributed by atoms with Crippen LogP contribution < -0.4 is 16.0 Å². The summed E-state index contributed by atoms with van der Waals surface area (Å²) in [6.07, 6.45) is 7.70.